The molecule has 0 spiro atoms. The number of carbonyl (C=O) groups is 1. The maximum absolute atomic E-state index is 13.8. The topological polar surface area (TPSA) is 92.7 Å². The van der Waals surface area contributed by atoms with Gasteiger partial charge in [0.2, 0.25) is 10.0 Å². The molecule has 0 bridgehead atoms. The number of rotatable bonds is 5. The average Bonchev–Trinajstić information content (AvgIpc) is 2.46. The van der Waals surface area contributed by atoms with Crippen molar-refractivity contribution in [2.75, 3.05) is 19.8 Å². The van der Waals surface area contributed by atoms with Gasteiger partial charge in [0, 0.05) is 19.8 Å². The standard InChI is InChI=1S/C13H16FNO5S/c14-11-7-10(13(16)17)1-2-12(11)21(18,19)15-8-9-3-5-20-6-4-9/h1-2,7,9,15H,3-6,8H2,(H,16,17). The van der Waals surface area contributed by atoms with E-state index in [9.17, 15) is 17.6 Å². The van der Waals surface area contributed by atoms with Gasteiger partial charge in [0.15, 0.2) is 0 Å². The third-order valence-electron chi connectivity index (χ3n) is 3.37. The summed E-state index contributed by atoms with van der Waals surface area (Å²) in [6.07, 6.45) is 1.51. The van der Waals surface area contributed by atoms with Crippen LogP contribution in [0.4, 0.5) is 4.39 Å². The summed E-state index contributed by atoms with van der Waals surface area (Å²) >= 11 is 0. The predicted molar refractivity (Wildman–Crippen MR) is 72.1 cm³/mol. The van der Waals surface area contributed by atoms with Crippen molar-refractivity contribution in [2.45, 2.75) is 17.7 Å². The van der Waals surface area contributed by atoms with E-state index in [1.54, 1.807) is 0 Å². The van der Waals surface area contributed by atoms with Crippen molar-refractivity contribution in [1.29, 1.82) is 0 Å². The SMILES string of the molecule is O=C(O)c1ccc(S(=O)(=O)NCC2CCOCC2)c(F)c1. The number of hydrogen-bond donors (Lipinski definition) is 2. The zero-order valence-electron chi connectivity index (χ0n) is 11.2. The van der Waals surface area contributed by atoms with Gasteiger partial charge < -0.3 is 9.84 Å². The zero-order valence-corrected chi connectivity index (χ0v) is 12.0. The average molecular weight is 317 g/mol. The quantitative estimate of drug-likeness (QED) is 0.852. The largest absolute Gasteiger partial charge is 0.478 e. The molecule has 1 heterocycles. The van der Waals surface area contributed by atoms with Crippen LogP contribution in [0.25, 0.3) is 0 Å². The highest BCUT2D eigenvalue weighted by atomic mass is 32.2. The number of carboxylic acids is 1. The van der Waals surface area contributed by atoms with Crippen LogP contribution in [0, 0.1) is 11.7 Å². The summed E-state index contributed by atoms with van der Waals surface area (Å²) in [4.78, 5) is 10.2. The number of halogens is 1. The summed E-state index contributed by atoms with van der Waals surface area (Å²) in [5.74, 6) is -2.22. The summed E-state index contributed by atoms with van der Waals surface area (Å²) < 4.78 is 45.4. The number of hydrogen-bond acceptors (Lipinski definition) is 4. The molecule has 0 aliphatic carbocycles. The Hall–Kier alpha value is -1.51. The Balaban J connectivity index is 2.10. The van der Waals surface area contributed by atoms with Crippen LogP contribution in [0.1, 0.15) is 23.2 Å². The summed E-state index contributed by atoms with van der Waals surface area (Å²) in [6.45, 7) is 1.40. The Bertz CT molecular complexity index is 625. The second kappa shape index (κ2) is 6.50. The number of aromatic carboxylic acids is 1. The minimum atomic E-state index is -3.99. The number of ether oxygens (including phenoxy) is 1. The van der Waals surface area contributed by atoms with Gasteiger partial charge >= 0.3 is 5.97 Å². The van der Waals surface area contributed by atoms with Gasteiger partial charge in [0.1, 0.15) is 10.7 Å². The lowest BCUT2D eigenvalue weighted by atomic mass is 10.0. The molecule has 1 saturated heterocycles. The first-order chi connectivity index (χ1) is 9.90. The lowest BCUT2D eigenvalue weighted by molar-refractivity contribution is 0.0678. The molecule has 0 unspecified atom stereocenters. The Kier molecular flexibility index (Phi) is 4.92. The first-order valence-corrected chi connectivity index (χ1v) is 7.99. The van der Waals surface area contributed by atoms with E-state index in [2.05, 4.69) is 4.72 Å². The van der Waals surface area contributed by atoms with Gasteiger partial charge in [0.05, 0.1) is 5.56 Å². The molecule has 0 saturated carbocycles. The van der Waals surface area contributed by atoms with Crippen molar-refractivity contribution in [3.63, 3.8) is 0 Å². The summed E-state index contributed by atoms with van der Waals surface area (Å²) in [6, 6.07) is 2.73. The highest BCUT2D eigenvalue weighted by Crippen LogP contribution is 2.18. The maximum atomic E-state index is 13.8. The Morgan fingerprint density at radius 3 is 2.62 bits per heavy atom. The minimum absolute atomic E-state index is 0.162. The third kappa shape index (κ3) is 3.99. The highest BCUT2D eigenvalue weighted by Gasteiger charge is 2.22. The normalized spacial score (nSPS) is 16.8. The van der Waals surface area contributed by atoms with Gasteiger partial charge in [-0.05, 0) is 37.0 Å². The summed E-state index contributed by atoms with van der Waals surface area (Å²) in [5, 5.41) is 8.73. The fourth-order valence-corrected chi connectivity index (χ4v) is 3.28. The molecule has 1 fully saturated rings. The molecular formula is C13H16FNO5S. The van der Waals surface area contributed by atoms with Crippen molar-refractivity contribution in [3.05, 3.63) is 29.6 Å². The van der Waals surface area contributed by atoms with Crippen LogP contribution >= 0.6 is 0 Å². The van der Waals surface area contributed by atoms with E-state index in [0.717, 1.165) is 25.0 Å². The van der Waals surface area contributed by atoms with Gasteiger partial charge in [-0.1, -0.05) is 0 Å². The number of carboxylic acid groups (broad SMARTS) is 1. The van der Waals surface area contributed by atoms with Crippen molar-refractivity contribution in [1.82, 2.24) is 4.72 Å². The van der Waals surface area contributed by atoms with E-state index in [-0.39, 0.29) is 18.0 Å². The van der Waals surface area contributed by atoms with Crippen LogP contribution in [-0.4, -0.2) is 39.3 Å². The molecule has 1 aromatic rings. The van der Waals surface area contributed by atoms with Crippen molar-refractivity contribution < 1.29 is 27.4 Å². The van der Waals surface area contributed by atoms with Crippen LogP contribution in [-0.2, 0) is 14.8 Å². The lowest BCUT2D eigenvalue weighted by Gasteiger charge is -2.22. The smallest absolute Gasteiger partial charge is 0.335 e. The van der Waals surface area contributed by atoms with Crippen LogP contribution in [0.2, 0.25) is 0 Å². The summed E-state index contributed by atoms with van der Waals surface area (Å²) in [7, 11) is -3.99. The Morgan fingerprint density at radius 1 is 1.38 bits per heavy atom. The van der Waals surface area contributed by atoms with E-state index in [4.69, 9.17) is 9.84 Å². The van der Waals surface area contributed by atoms with Crippen LogP contribution in [0.15, 0.2) is 23.1 Å². The van der Waals surface area contributed by atoms with Crippen LogP contribution < -0.4 is 4.72 Å². The first-order valence-electron chi connectivity index (χ1n) is 6.50. The Labute approximate surface area is 122 Å². The second-order valence-corrected chi connectivity index (χ2v) is 6.59. The van der Waals surface area contributed by atoms with Crippen molar-refractivity contribution >= 4 is 16.0 Å². The minimum Gasteiger partial charge on any atom is -0.478 e. The highest BCUT2D eigenvalue weighted by molar-refractivity contribution is 7.89. The van der Waals surface area contributed by atoms with E-state index in [0.29, 0.717) is 19.3 Å². The zero-order chi connectivity index (χ0) is 15.5. The molecule has 2 N–H and O–H groups in total. The monoisotopic (exact) mass is 317 g/mol. The summed E-state index contributed by atoms with van der Waals surface area (Å²) in [5.41, 5.74) is -0.295. The molecule has 0 amide bonds. The molecule has 0 aromatic heterocycles. The molecule has 0 atom stereocenters. The predicted octanol–water partition coefficient (Wildman–Crippen LogP) is 1.23. The lowest BCUT2D eigenvalue weighted by Crippen LogP contribution is -2.32. The molecule has 1 aliphatic rings. The van der Waals surface area contributed by atoms with Gasteiger partial charge in [-0.2, -0.15) is 0 Å². The molecule has 116 valence electrons. The van der Waals surface area contributed by atoms with Crippen LogP contribution in [0.3, 0.4) is 0 Å². The molecule has 6 nitrogen and oxygen atoms in total. The molecular weight excluding hydrogens is 301 g/mol. The molecule has 8 heteroatoms. The molecule has 1 aliphatic heterocycles. The third-order valence-corrected chi connectivity index (χ3v) is 4.83. The van der Waals surface area contributed by atoms with Gasteiger partial charge in [-0.25, -0.2) is 22.3 Å². The number of benzene rings is 1. The van der Waals surface area contributed by atoms with E-state index in [1.807, 2.05) is 0 Å². The molecule has 21 heavy (non-hydrogen) atoms. The van der Waals surface area contributed by atoms with Gasteiger partial charge in [0.25, 0.3) is 0 Å². The fourth-order valence-electron chi connectivity index (χ4n) is 2.11. The van der Waals surface area contributed by atoms with Crippen molar-refractivity contribution in [3.8, 4) is 0 Å². The molecule has 1 aromatic carbocycles. The second-order valence-electron chi connectivity index (χ2n) is 4.86. The number of nitrogens with one attached hydrogen (secondary N) is 1. The molecule has 2 rings (SSSR count). The maximum Gasteiger partial charge on any atom is 0.335 e. The molecule has 0 radical (unpaired) electrons. The first kappa shape index (κ1) is 15.9. The van der Waals surface area contributed by atoms with Gasteiger partial charge in [-0.15, -0.1) is 0 Å². The van der Waals surface area contributed by atoms with Crippen LogP contribution in [0.5, 0.6) is 0 Å². The van der Waals surface area contributed by atoms with Gasteiger partial charge in [-0.3, -0.25) is 0 Å². The number of sulfonamides is 1. The Morgan fingerprint density at radius 2 is 2.05 bits per heavy atom. The van der Waals surface area contributed by atoms with E-state index in [1.165, 1.54) is 0 Å². The van der Waals surface area contributed by atoms with E-state index >= 15 is 0 Å². The van der Waals surface area contributed by atoms with Crippen molar-refractivity contribution in [2.24, 2.45) is 5.92 Å². The van der Waals surface area contributed by atoms with E-state index < -0.39 is 26.7 Å². The fraction of sp³-hybridized carbons (Fsp3) is 0.462.